The van der Waals surface area contributed by atoms with Crippen LogP contribution in [0.2, 0.25) is 0 Å². The molecule has 2 heterocycles. The van der Waals surface area contributed by atoms with Crippen molar-refractivity contribution >= 4 is 5.91 Å². The van der Waals surface area contributed by atoms with E-state index in [1.54, 1.807) is 0 Å². The Morgan fingerprint density at radius 2 is 2.03 bits per heavy atom. The van der Waals surface area contributed by atoms with Gasteiger partial charge in [-0.15, -0.1) is 0 Å². The minimum Gasteiger partial charge on any atom is -0.494 e. The number of likely N-dealkylation sites (tertiary alicyclic amines) is 1. The number of piperidine rings is 1. The Morgan fingerprint density at radius 1 is 1.22 bits per heavy atom. The zero-order valence-corrected chi connectivity index (χ0v) is 18.7. The maximum Gasteiger partial charge on any atom is 0.241 e. The van der Waals surface area contributed by atoms with Gasteiger partial charge in [-0.2, -0.15) is 4.98 Å². The van der Waals surface area contributed by atoms with Crippen LogP contribution >= 0.6 is 0 Å². The van der Waals surface area contributed by atoms with Crippen LogP contribution in [0.1, 0.15) is 36.8 Å². The number of aromatic nitrogens is 2. The van der Waals surface area contributed by atoms with Crippen molar-refractivity contribution in [3.63, 3.8) is 0 Å². The van der Waals surface area contributed by atoms with E-state index >= 15 is 0 Å². The van der Waals surface area contributed by atoms with E-state index in [-0.39, 0.29) is 11.8 Å². The maximum atomic E-state index is 12.8. The molecule has 0 bridgehead atoms. The Hall–Kier alpha value is -3.19. The number of aryl methyl sites for hydroxylation is 1. The van der Waals surface area contributed by atoms with Crippen LogP contribution < -0.4 is 10.1 Å². The molecule has 7 heteroatoms. The number of nitrogens with one attached hydrogen (secondary N) is 1. The molecule has 1 aliphatic heterocycles. The van der Waals surface area contributed by atoms with Crippen molar-refractivity contribution in [3.05, 3.63) is 65.5 Å². The van der Waals surface area contributed by atoms with Crippen LogP contribution in [0.3, 0.4) is 0 Å². The van der Waals surface area contributed by atoms with Crippen molar-refractivity contribution in [2.75, 3.05) is 19.7 Å². The first-order chi connectivity index (χ1) is 15.6. The molecule has 2 aromatic carbocycles. The average Bonchev–Trinajstić information content (AvgIpc) is 3.27. The highest BCUT2D eigenvalue weighted by Crippen LogP contribution is 2.22. The molecule has 1 aliphatic rings. The summed E-state index contributed by atoms with van der Waals surface area (Å²) < 4.78 is 11.0. The Labute approximate surface area is 188 Å². The molecule has 1 aromatic heterocycles. The van der Waals surface area contributed by atoms with E-state index in [0.29, 0.717) is 38.0 Å². The second-order valence-corrected chi connectivity index (χ2v) is 8.20. The van der Waals surface area contributed by atoms with Gasteiger partial charge in [-0.1, -0.05) is 41.6 Å². The molecule has 168 valence electrons. The first-order valence-electron chi connectivity index (χ1n) is 11.2. The van der Waals surface area contributed by atoms with Gasteiger partial charge in [0.25, 0.3) is 0 Å². The highest BCUT2D eigenvalue weighted by molar-refractivity contribution is 5.79. The van der Waals surface area contributed by atoms with Gasteiger partial charge in [0, 0.05) is 18.7 Å². The fraction of sp³-hybridized carbons (Fsp3) is 0.400. The summed E-state index contributed by atoms with van der Waals surface area (Å²) in [4.78, 5) is 19.5. The van der Waals surface area contributed by atoms with Crippen molar-refractivity contribution in [2.24, 2.45) is 5.92 Å². The van der Waals surface area contributed by atoms with Crippen LogP contribution in [0, 0.1) is 12.8 Å². The van der Waals surface area contributed by atoms with Crippen LogP contribution in [0.15, 0.2) is 53.1 Å². The number of carbonyl (C=O) groups excluding carboxylic acids is 1. The van der Waals surface area contributed by atoms with Gasteiger partial charge in [0.05, 0.1) is 19.1 Å². The topological polar surface area (TPSA) is 80.5 Å². The normalized spacial score (nSPS) is 16.6. The molecule has 3 aromatic rings. The van der Waals surface area contributed by atoms with Gasteiger partial charge in [0.2, 0.25) is 17.6 Å². The Kier molecular flexibility index (Phi) is 7.17. The third-order valence-electron chi connectivity index (χ3n) is 5.79. The predicted octanol–water partition coefficient (Wildman–Crippen LogP) is 3.97. The molecule has 1 amide bonds. The van der Waals surface area contributed by atoms with Crippen LogP contribution in [0.4, 0.5) is 0 Å². The zero-order valence-electron chi connectivity index (χ0n) is 18.7. The summed E-state index contributed by atoms with van der Waals surface area (Å²) >= 11 is 0. The second-order valence-electron chi connectivity index (χ2n) is 8.20. The molecular formula is C25H30N4O3. The van der Waals surface area contributed by atoms with E-state index in [0.717, 1.165) is 41.8 Å². The van der Waals surface area contributed by atoms with E-state index in [9.17, 15) is 4.79 Å². The van der Waals surface area contributed by atoms with Gasteiger partial charge < -0.3 is 14.6 Å². The number of amides is 1. The number of hydrogen-bond acceptors (Lipinski definition) is 6. The third-order valence-corrected chi connectivity index (χ3v) is 5.79. The lowest BCUT2D eigenvalue weighted by molar-refractivity contribution is -0.127. The van der Waals surface area contributed by atoms with Crippen molar-refractivity contribution in [2.45, 2.75) is 39.8 Å². The lowest BCUT2D eigenvalue weighted by atomic mass is 9.97. The Bertz CT molecular complexity index is 1030. The maximum absolute atomic E-state index is 12.8. The van der Waals surface area contributed by atoms with E-state index in [1.807, 2.05) is 62.4 Å². The summed E-state index contributed by atoms with van der Waals surface area (Å²) in [6, 6.07) is 15.8. The summed E-state index contributed by atoms with van der Waals surface area (Å²) in [7, 11) is 0. The van der Waals surface area contributed by atoms with E-state index in [4.69, 9.17) is 9.26 Å². The molecule has 0 aliphatic carbocycles. The molecular weight excluding hydrogens is 404 g/mol. The second kappa shape index (κ2) is 10.4. The average molecular weight is 435 g/mol. The van der Waals surface area contributed by atoms with Crippen LogP contribution in [0.25, 0.3) is 11.4 Å². The van der Waals surface area contributed by atoms with Crippen molar-refractivity contribution in [1.29, 1.82) is 0 Å². The van der Waals surface area contributed by atoms with Gasteiger partial charge in [-0.25, -0.2) is 0 Å². The molecule has 1 saturated heterocycles. The molecule has 1 unspecified atom stereocenters. The SMILES string of the molecule is CCOc1ccc(CNC(=O)C2CCCN(Cc3nc(-c4ccccc4C)no3)C2)cc1. The van der Waals surface area contributed by atoms with E-state index in [1.165, 1.54) is 0 Å². The fourth-order valence-electron chi connectivity index (χ4n) is 4.06. The van der Waals surface area contributed by atoms with E-state index in [2.05, 4.69) is 20.4 Å². The molecule has 1 atom stereocenters. The van der Waals surface area contributed by atoms with Crippen LogP contribution in [-0.4, -0.2) is 40.6 Å². The van der Waals surface area contributed by atoms with Gasteiger partial charge in [0.1, 0.15) is 5.75 Å². The first kappa shape index (κ1) is 22.0. The summed E-state index contributed by atoms with van der Waals surface area (Å²) in [5.74, 6) is 2.09. The summed E-state index contributed by atoms with van der Waals surface area (Å²) in [6.07, 6.45) is 1.86. The monoisotopic (exact) mass is 434 g/mol. The minimum absolute atomic E-state index is 0.0368. The lowest BCUT2D eigenvalue weighted by Crippen LogP contribution is -2.42. The smallest absolute Gasteiger partial charge is 0.241 e. The highest BCUT2D eigenvalue weighted by Gasteiger charge is 2.27. The number of hydrogen-bond donors (Lipinski definition) is 1. The molecule has 0 spiro atoms. The molecule has 0 saturated carbocycles. The molecule has 0 radical (unpaired) electrons. The molecule has 7 nitrogen and oxygen atoms in total. The Balaban J connectivity index is 1.29. The molecule has 1 fully saturated rings. The van der Waals surface area contributed by atoms with Crippen LogP contribution in [0.5, 0.6) is 5.75 Å². The summed E-state index contributed by atoms with van der Waals surface area (Å²) in [5, 5.41) is 7.23. The van der Waals surface area contributed by atoms with Gasteiger partial charge in [0.15, 0.2) is 0 Å². The number of rotatable bonds is 8. The number of nitrogens with zero attached hydrogens (tertiary/aromatic N) is 3. The number of benzene rings is 2. The zero-order chi connectivity index (χ0) is 22.3. The summed E-state index contributed by atoms with van der Waals surface area (Å²) in [5.41, 5.74) is 3.15. The standard InChI is InChI=1S/C25H30N4O3/c1-3-31-21-12-10-19(11-13-21)15-26-25(30)20-8-6-14-29(16-20)17-23-27-24(28-32-23)22-9-5-4-7-18(22)2/h4-5,7,9-13,20H,3,6,8,14-17H2,1-2H3,(H,26,30). The quantitative estimate of drug-likeness (QED) is 0.578. The Morgan fingerprint density at radius 3 is 2.81 bits per heavy atom. The number of carbonyl (C=O) groups is 1. The van der Waals surface area contributed by atoms with Crippen LogP contribution in [-0.2, 0) is 17.9 Å². The van der Waals surface area contributed by atoms with Crippen molar-refractivity contribution in [3.8, 4) is 17.1 Å². The molecule has 32 heavy (non-hydrogen) atoms. The van der Waals surface area contributed by atoms with Crippen molar-refractivity contribution < 1.29 is 14.1 Å². The third kappa shape index (κ3) is 5.53. The van der Waals surface area contributed by atoms with Gasteiger partial charge >= 0.3 is 0 Å². The first-order valence-corrected chi connectivity index (χ1v) is 11.2. The minimum atomic E-state index is -0.0368. The van der Waals surface area contributed by atoms with Gasteiger partial charge in [-0.05, 0) is 56.5 Å². The molecule has 4 rings (SSSR count). The summed E-state index contributed by atoms with van der Waals surface area (Å²) in [6.45, 7) is 7.33. The fourth-order valence-corrected chi connectivity index (χ4v) is 4.06. The highest BCUT2D eigenvalue weighted by atomic mass is 16.5. The largest absolute Gasteiger partial charge is 0.494 e. The lowest BCUT2D eigenvalue weighted by Gasteiger charge is -2.30. The van der Waals surface area contributed by atoms with E-state index < -0.39 is 0 Å². The number of ether oxygens (including phenoxy) is 1. The van der Waals surface area contributed by atoms with Gasteiger partial charge in [-0.3, -0.25) is 9.69 Å². The predicted molar refractivity (Wildman–Crippen MR) is 122 cm³/mol. The van der Waals surface area contributed by atoms with Crippen molar-refractivity contribution in [1.82, 2.24) is 20.4 Å². The molecule has 1 N–H and O–H groups in total.